The predicted octanol–water partition coefficient (Wildman–Crippen LogP) is 0.592. The number of ether oxygens (including phenoxy) is 1. The fraction of sp³-hybridized carbons (Fsp3) is 0.750. The molecule has 0 aliphatic heterocycles. The highest BCUT2D eigenvalue weighted by atomic mass is 16.5. The van der Waals surface area contributed by atoms with Crippen molar-refractivity contribution in [2.45, 2.75) is 39.8 Å². The Balaban J connectivity index is 4.66. The van der Waals surface area contributed by atoms with Gasteiger partial charge in [0.25, 0.3) is 0 Å². The van der Waals surface area contributed by atoms with Gasteiger partial charge in [0.05, 0.1) is 7.11 Å². The molecule has 110 valence electrons. The van der Waals surface area contributed by atoms with Gasteiger partial charge in [-0.25, -0.2) is 14.4 Å². The summed E-state index contributed by atoms with van der Waals surface area (Å²) in [5, 5.41) is 13.7. The molecular weight excluding hydrogens is 252 g/mol. The summed E-state index contributed by atoms with van der Waals surface area (Å²) < 4.78 is 4.58. The van der Waals surface area contributed by atoms with E-state index in [1.807, 2.05) is 0 Å². The maximum absolute atomic E-state index is 11.7. The van der Waals surface area contributed by atoms with Crippen molar-refractivity contribution in [3.63, 3.8) is 0 Å². The molecule has 0 heterocycles. The summed E-state index contributed by atoms with van der Waals surface area (Å²) in [4.78, 5) is 34.1. The summed E-state index contributed by atoms with van der Waals surface area (Å²) in [7, 11) is 1.23. The number of carboxylic acid groups (broad SMARTS) is 1. The molecule has 2 atom stereocenters. The van der Waals surface area contributed by atoms with Crippen LogP contribution >= 0.6 is 0 Å². The van der Waals surface area contributed by atoms with Crippen LogP contribution in [-0.2, 0) is 14.3 Å². The molecule has 1 unspecified atom stereocenters. The second-order valence-corrected chi connectivity index (χ2v) is 4.92. The fourth-order valence-corrected chi connectivity index (χ4v) is 1.46. The molecule has 0 aromatic heterocycles. The topological polar surface area (TPSA) is 105 Å². The van der Waals surface area contributed by atoms with Crippen molar-refractivity contribution in [3.05, 3.63) is 0 Å². The monoisotopic (exact) mass is 274 g/mol. The zero-order valence-electron chi connectivity index (χ0n) is 11.9. The number of methoxy groups -OCH3 is 1. The van der Waals surface area contributed by atoms with Crippen molar-refractivity contribution >= 4 is 18.0 Å². The smallest absolute Gasteiger partial charge is 0.328 e. The van der Waals surface area contributed by atoms with Crippen LogP contribution in [0.15, 0.2) is 0 Å². The molecule has 0 spiro atoms. The standard InChI is InChI=1S/C12H22N2O5/c1-6(2)8(10(15)16)13-12(18)14-9(7(3)4)11(17)19-5/h6-9H,1-5H3,(H,15,16)(H2,13,14,18)/t8-,9?/m0/s1. The van der Waals surface area contributed by atoms with Crippen molar-refractivity contribution in [2.24, 2.45) is 11.8 Å². The zero-order valence-corrected chi connectivity index (χ0v) is 11.9. The first kappa shape index (κ1) is 17.2. The molecule has 0 aliphatic rings. The Bertz CT molecular complexity index is 341. The van der Waals surface area contributed by atoms with E-state index in [1.54, 1.807) is 27.7 Å². The summed E-state index contributed by atoms with van der Waals surface area (Å²) in [5.74, 6) is -2.12. The lowest BCUT2D eigenvalue weighted by atomic mass is 10.0. The summed E-state index contributed by atoms with van der Waals surface area (Å²) >= 11 is 0. The molecule has 0 saturated heterocycles. The van der Waals surface area contributed by atoms with Crippen LogP contribution in [0.4, 0.5) is 4.79 Å². The molecule has 0 rings (SSSR count). The third-order valence-corrected chi connectivity index (χ3v) is 2.63. The van der Waals surface area contributed by atoms with E-state index in [1.165, 1.54) is 7.11 Å². The largest absolute Gasteiger partial charge is 0.480 e. The normalized spacial score (nSPS) is 13.8. The molecule has 0 bridgehead atoms. The van der Waals surface area contributed by atoms with E-state index in [0.29, 0.717) is 0 Å². The fourth-order valence-electron chi connectivity index (χ4n) is 1.46. The predicted molar refractivity (Wildman–Crippen MR) is 68.6 cm³/mol. The van der Waals surface area contributed by atoms with Gasteiger partial charge in [-0.15, -0.1) is 0 Å². The number of hydrogen-bond acceptors (Lipinski definition) is 4. The van der Waals surface area contributed by atoms with Crippen molar-refractivity contribution in [1.29, 1.82) is 0 Å². The van der Waals surface area contributed by atoms with Crippen LogP contribution in [0.25, 0.3) is 0 Å². The summed E-state index contributed by atoms with van der Waals surface area (Å²) in [6.07, 6.45) is 0. The van der Waals surface area contributed by atoms with Crippen molar-refractivity contribution in [2.75, 3.05) is 7.11 Å². The lowest BCUT2D eigenvalue weighted by molar-refractivity contribution is -0.144. The number of urea groups is 1. The van der Waals surface area contributed by atoms with Gasteiger partial charge in [0.2, 0.25) is 0 Å². The van der Waals surface area contributed by atoms with E-state index in [-0.39, 0.29) is 11.8 Å². The first-order chi connectivity index (χ1) is 8.70. The van der Waals surface area contributed by atoms with Gasteiger partial charge in [-0.05, 0) is 11.8 Å². The molecule has 19 heavy (non-hydrogen) atoms. The van der Waals surface area contributed by atoms with Gasteiger partial charge in [-0.3, -0.25) is 0 Å². The lowest BCUT2D eigenvalue weighted by Crippen LogP contribution is -2.54. The van der Waals surface area contributed by atoms with Gasteiger partial charge in [0, 0.05) is 0 Å². The van der Waals surface area contributed by atoms with Crippen molar-refractivity contribution in [1.82, 2.24) is 10.6 Å². The van der Waals surface area contributed by atoms with Crippen LogP contribution < -0.4 is 10.6 Å². The average molecular weight is 274 g/mol. The van der Waals surface area contributed by atoms with Gasteiger partial charge >= 0.3 is 18.0 Å². The Morgan fingerprint density at radius 1 is 0.947 bits per heavy atom. The Morgan fingerprint density at radius 2 is 1.37 bits per heavy atom. The van der Waals surface area contributed by atoms with E-state index in [4.69, 9.17) is 5.11 Å². The molecule has 0 fully saturated rings. The van der Waals surface area contributed by atoms with Gasteiger partial charge in [-0.2, -0.15) is 0 Å². The van der Waals surface area contributed by atoms with Gasteiger partial charge in [0.15, 0.2) is 0 Å². The highest BCUT2D eigenvalue weighted by molar-refractivity contribution is 5.86. The number of carbonyl (C=O) groups excluding carboxylic acids is 2. The third kappa shape index (κ3) is 5.58. The van der Waals surface area contributed by atoms with Crippen LogP contribution in [0.5, 0.6) is 0 Å². The highest BCUT2D eigenvalue weighted by Crippen LogP contribution is 2.05. The molecule has 3 N–H and O–H groups in total. The molecule has 0 aliphatic carbocycles. The Hall–Kier alpha value is -1.79. The summed E-state index contributed by atoms with van der Waals surface area (Å²) in [6.45, 7) is 6.86. The lowest BCUT2D eigenvalue weighted by Gasteiger charge is -2.23. The molecule has 7 nitrogen and oxygen atoms in total. The quantitative estimate of drug-likeness (QED) is 0.615. The minimum absolute atomic E-state index is 0.166. The van der Waals surface area contributed by atoms with E-state index >= 15 is 0 Å². The molecule has 0 aromatic rings. The average Bonchev–Trinajstić information content (AvgIpc) is 2.30. The molecule has 7 heteroatoms. The third-order valence-electron chi connectivity index (χ3n) is 2.63. The van der Waals surface area contributed by atoms with Gasteiger partial charge in [0.1, 0.15) is 12.1 Å². The maximum Gasteiger partial charge on any atom is 0.328 e. The zero-order chi connectivity index (χ0) is 15.2. The number of esters is 1. The Labute approximate surface area is 112 Å². The molecule has 2 amide bonds. The second kappa shape index (κ2) is 7.60. The number of aliphatic carboxylic acids is 1. The van der Waals surface area contributed by atoms with E-state index < -0.39 is 30.1 Å². The van der Waals surface area contributed by atoms with Crippen molar-refractivity contribution < 1.29 is 24.2 Å². The number of amides is 2. The molecular formula is C12H22N2O5. The number of carbonyl (C=O) groups is 3. The first-order valence-electron chi connectivity index (χ1n) is 6.08. The number of nitrogens with one attached hydrogen (secondary N) is 2. The number of rotatable bonds is 6. The highest BCUT2D eigenvalue weighted by Gasteiger charge is 2.28. The number of hydrogen-bond donors (Lipinski definition) is 3. The molecule has 0 aromatic carbocycles. The second-order valence-electron chi connectivity index (χ2n) is 4.92. The van der Waals surface area contributed by atoms with Gasteiger partial charge < -0.3 is 20.5 Å². The Morgan fingerprint density at radius 3 is 1.68 bits per heavy atom. The van der Waals surface area contributed by atoms with Crippen LogP contribution in [0, 0.1) is 11.8 Å². The van der Waals surface area contributed by atoms with Crippen molar-refractivity contribution in [3.8, 4) is 0 Å². The van der Waals surface area contributed by atoms with Crippen LogP contribution in [0.2, 0.25) is 0 Å². The van der Waals surface area contributed by atoms with E-state index in [9.17, 15) is 14.4 Å². The SMILES string of the molecule is COC(=O)C(NC(=O)N[C@H](C(=O)O)C(C)C)C(C)C. The first-order valence-corrected chi connectivity index (χ1v) is 6.08. The minimum atomic E-state index is -1.12. The van der Waals surface area contributed by atoms with Crippen LogP contribution in [0.1, 0.15) is 27.7 Å². The minimum Gasteiger partial charge on any atom is -0.480 e. The Kier molecular flexibility index (Phi) is 6.89. The van der Waals surface area contributed by atoms with Crippen LogP contribution in [-0.4, -0.2) is 42.3 Å². The van der Waals surface area contributed by atoms with Gasteiger partial charge in [-0.1, -0.05) is 27.7 Å². The summed E-state index contributed by atoms with van der Waals surface area (Å²) in [6, 6.07) is -2.53. The maximum atomic E-state index is 11.7. The van der Waals surface area contributed by atoms with Crippen LogP contribution in [0.3, 0.4) is 0 Å². The molecule has 0 saturated carbocycles. The molecule has 0 radical (unpaired) electrons. The number of carboxylic acids is 1. The van der Waals surface area contributed by atoms with E-state index in [0.717, 1.165) is 0 Å². The summed E-state index contributed by atoms with van der Waals surface area (Å²) in [5.41, 5.74) is 0. The van der Waals surface area contributed by atoms with E-state index in [2.05, 4.69) is 15.4 Å².